The van der Waals surface area contributed by atoms with Crippen LogP contribution in [0.5, 0.6) is 11.5 Å². The van der Waals surface area contributed by atoms with Crippen LogP contribution in [0, 0.1) is 0 Å². The first-order valence-corrected chi connectivity index (χ1v) is 7.22. The maximum atomic E-state index is 6.30. The summed E-state index contributed by atoms with van der Waals surface area (Å²) in [5.41, 5.74) is 1.08. The van der Waals surface area contributed by atoms with Gasteiger partial charge in [0, 0.05) is 13.7 Å². The predicted molar refractivity (Wildman–Crippen MR) is 82.0 cm³/mol. The quantitative estimate of drug-likeness (QED) is 0.711. The van der Waals surface area contributed by atoms with Crippen LogP contribution in [-0.4, -0.2) is 33.5 Å². The average Bonchev–Trinajstić information content (AvgIpc) is 2.42. The normalized spacial score (nSPS) is 12.2. The molecule has 4 nitrogen and oxygen atoms in total. The highest BCUT2D eigenvalue weighted by Crippen LogP contribution is 2.37. The van der Waals surface area contributed by atoms with Crippen molar-refractivity contribution in [2.45, 2.75) is 32.9 Å². The molecule has 1 unspecified atom stereocenters. The second-order valence-corrected chi connectivity index (χ2v) is 5.08. The summed E-state index contributed by atoms with van der Waals surface area (Å²) in [6.07, 6.45) is 1.01. The lowest BCUT2D eigenvalue weighted by Crippen LogP contribution is -2.19. The van der Waals surface area contributed by atoms with Crippen LogP contribution >= 0.6 is 11.6 Å². The van der Waals surface area contributed by atoms with Gasteiger partial charge in [-0.15, -0.1) is 0 Å². The third kappa shape index (κ3) is 5.19. The first kappa shape index (κ1) is 17.1. The number of hydrogen-bond donors (Lipinski definition) is 1. The fourth-order valence-corrected chi connectivity index (χ4v) is 2.15. The Morgan fingerprint density at radius 2 is 2.05 bits per heavy atom. The Balaban J connectivity index is 2.84. The number of methoxy groups -OCH3 is 2. The molecular weight excluding hydrogens is 278 g/mol. The average molecular weight is 302 g/mol. The number of hydrogen-bond acceptors (Lipinski definition) is 4. The van der Waals surface area contributed by atoms with Crippen molar-refractivity contribution in [3.63, 3.8) is 0 Å². The van der Waals surface area contributed by atoms with Crippen LogP contribution in [0.15, 0.2) is 12.1 Å². The minimum Gasteiger partial charge on any atom is -0.493 e. The van der Waals surface area contributed by atoms with E-state index in [2.05, 4.69) is 12.2 Å². The monoisotopic (exact) mass is 301 g/mol. The molecule has 1 atom stereocenters. The second-order valence-electron chi connectivity index (χ2n) is 4.67. The van der Waals surface area contributed by atoms with Gasteiger partial charge in [-0.1, -0.05) is 18.5 Å². The van der Waals surface area contributed by atoms with Crippen molar-refractivity contribution in [3.8, 4) is 11.5 Å². The van der Waals surface area contributed by atoms with Gasteiger partial charge in [-0.3, -0.25) is 0 Å². The van der Waals surface area contributed by atoms with E-state index in [1.807, 2.05) is 19.1 Å². The van der Waals surface area contributed by atoms with E-state index in [9.17, 15) is 0 Å². The van der Waals surface area contributed by atoms with Crippen LogP contribution in [0.1, 0.15) is 25.8 Å². The van der Waals surface area contributed by atoms with E-state index in [0.29, 0.717) is 23.1 Å². The Hall–Kier alpha value is -0.970. The summed E-state index contributed by atoms with van der Waals surface area (Å²) in [4.78, 5) is 0. The first-order valence-electron chi connectivity index (χ1n) is 6.85. The molecule has 0 fully saturated rings. The van der Waals surface area contributed by atoms with Crippen molar-refractivity contribution >= 4 is 11.6 Å². The molecule has 1 aromatic carbocycles. The smallest absolute Gasteiger partial charge is 0.180 e. The largest absolute Gasteiger partial charge is 0.493 e. The van der Waals surface area contributed by atoms with E-state index in [1.54, 1.807) is 14.2 Å². The molecule has 1 aromatic rings. The summed E-state index contributed by atoms with van der Waals surface area (Å²) in [5, 5.41) is 3.89. The molecule has 1 rings (SSSR count). The summed E-state index contributed by atoms with van der Waals surface area (Å²) in [7, 11) is 3.25. The van der Waals surface area contributed by atoms with Gasteiger partial charge in [0.2, 0.25) is 0 Å². The van der Waals surface area contributed by atoms with Crippen LogP contribution in [0.3, 0.4) is 0 Å². The van der Waals surface area contributed by atoms with Crippen molar-refractivity contribution < 1.29 is 14.2 Å². The van der Waals surface area contributed by atoms with Gasteiger partial charge in [0.1, 0.15) is 6.10 Å². The van der Waals surface area contributed by atoms with Crippen LogP contribution in [0.4, 0.5) is 0 Å². The van der Waals surface area contributed by atoms with Gasteiger partial charge >= 0.3 is 0 Å². The maximum absolute atomic E-state index is 6.30. The second kappa shape index (κ2) is 9.06. The van der Waals surface area contributed by atoms with Crippen molar-refractivity contribution in [1.82, 2.24) is 5.32 Å². The zero-order chi connectivity index (χ0) is 15.0. The third-order valence-corrected chi connectivity index (χ3v) is 3.05. The summed E-state index contributed by atoms with van der Waals surface area (Å²) < 4.78 is 16.2. The van der Waals surface area contributed by atoms with E-state index in [1.165, 1.54) is 0 Å². The van der Waals surface area contributed by atoms with E-state index in [0.717, 1.165) is 25.1 Å². The standard InChI is InChI=1S/C15H24ClNO3/c1-5-6-17-9-12-7-13(16)15(14(8-12)19-4)20-11(2)10-18-3/h7-8,11,17H,5-6,9-10H2,1-4H3. The number of ether oxygens (including phenoxy) is 3. The molecule has 5 heteroatoms. The van der Waals surface area contributed by atoms with E-state index in [4.69, 9.17) is 25.8 Å². The Labute approximate surface area is 126 Å². The molecule has 0 aliphatic carbocycles. The van der Waals surface area contributed by atoms with E-state index < -0.39 is 0 Å². The summed E-state index contributed by atoms with van der Waals surface area (Å²) in [6, 6.07) is 3.85. The SMILES string of the molecule is CCCNCc1cc(Cl)c(OC(C)COC)c(OC)c1. The summed E-state index contributed by atoms with van der Waals surface area (Å²) >= 11 is 6.30. The zero-order valence-electron chi connectivity index (χ0n) is 12.7. The van der Waals surface area contributed by atoms with Gasteiger partial charge in [-0.2, -0.15) is 0 Å². The number of rotatable bonds is 9. The zero-order valence-corrected chi connectivity index (χ0v) is 13.4. The molecule has 0 spiro atoms. The van der Waals surface area contributed by atoms with Gasteiger partial charge < -0.3 is 19.5 Å². The Kier molecular flexibility index (Phi) is 7.73. The molecular formula is C15H24ClNO3. The molecule has 0 aromatic heterocycles. The third-order valence-electron chi connectivity index (χ3n) is 2.77. The topological polar surface area (TPSA) is 39.7 Å². The summed E-state index contributed by atoms with van der Waals surface area (Å²) in [6.45, 7) is 6.30. The predicted octanol–water partition coefficient (Wildman–Crippen LogP) is 3.26. The van der Waals surface area contributed by atoms with E-state index >= 15 is 0 Å². The molecule has 0 heterocycles. The van der Waals surface area contributed by atoms with Gasteiger partial charge in [0.25, 0.3) is 0 Å². The molecule has 0 aliphatic heterocycles. The lowest BCUT2D eigenvalue weighted by atomic mass is 10.2. The van der Waals surface area contributed by atoms with Gasteiger partial charge in [-0.25, -0.2) is 0 Å². The molecule has 0 saturated carbocycles. The van der Waals surface area contributed by atoms with Crippen molar-refractivity contribution in [2.24, 2.45) is 0 Å². The molecule has 20 heavy (non-hydrogen) atoms. The highest BCUT2D eigenvalue weighted by molar-refractivity contribution is 6.32. The highest BCUT2D eigenvalue weighted by atomic mass is 35.5. The van der Waals surface area contributed by atoms with Gasteiger partial charge in [0.05, 0.1) is 18.7 Å². The molecule has 0 aliphatic rings. The molecule has 0 saturated heterocycles. The van der Waals surface area contributed by atoms with Crippen molar-refractivity contribution in [1.29, 1.82) is 0 Å². The van der Waals surface area contributed by atoms with Crippen LogP contribution < -0.4 is 14.8 Å². The number of benzene rings is 1. The number of nitrogens with one attached hydrogen (secondary N) is 1. The minimum atomic E-state index is -0.0875. The lowest BCUT2D eigenvalue weighted by molar-refractivity contribution is 0.0900. The molecule has 0 radical (unpaired) electrons. The highest BCUT2D eigenvalue weighted by Gasteiger charge is 2.15. The molecule has 0 bridgehead atoms. The summed E-state index contributed by atoms with van der Waals surface area (Å²) in [5.74, 6) is 1.21. The Morgan fingerprint density at radius 3 is 2.65 bits per heavy atom. The first-order chi connectivity index (χ1) is 9.62. The molecule has 114 valence electrons. The minimum absolute atomic E-state index is 0.0875. The molecule has 1 N–H and O–H groups in total. The van der Waals surface area contributed by atoms with Gasteiger partial charge in [-0.05, 0) is 37.6 Å². The van der Waals surface area contributed by atoms with E-state index in [-0.39, 0.29) is 6.10 Å². The van der Waals surface area contributed by atoms with Crippen LogP contribution in [0.25, 0.3) is 0 Å². The fraction of sp³-hybridized carbons (Fsp3) is 0.600. The van der Waals surface area contributed by atoms with Crippen molar-refractivity contribution in [3.05, 3.63) is 22.7 Å². The van der Waals surface area contributed by atoms with Crippen LogP contribution in [-0.2, 0) is 11.3 Å². The van der Waals surface area contributed by atoms with Crippen LogP contribution in [0.2, 0.25) is 5.02 Å². The Morgan fingerprint density at radius 1 is 1.30 bits per heavy atom. The fourth-order valence-electron chi connectivity index (χ4n) is 1.87. The molecule has 0 amide bonds. The Bertz CT molecular complexity index is 412. The maximum Gasteiger partial charge on any atom is 0.180 e. The van der Waals surface area contributed by atoms with Crippen molar-refractivity contribution in [2.75, 3.05) is 27.4 Å². The lowest BCUT2D eigenvalue weighted by Gasteiger charge is -2.18. The van der Waals surface area contributed by atoms with Gasteiger partial charge in [0.15, 0.2) is 11.5 Å². The number of halogens is 1.